The number of hydrogen-bond donors (Lipinski definition) is 2. The highest BCUT2D eigenvalue weighted by molar-refractivity contribution is 5.96. The summed E-state index contributed by atoms with van der Waals surface area (Å²) in [5.74, 6) is -2.22. The van der Waals surface area contributed by atoms with Crippen LogP contribution >= 0.6 is 0 Å². The Balaban J connectivity index is 2.37. The van der Waals surface area contributed by atoms with E-state index >= 15 is 0 Å². The van der Waals surface area contributed by atoms with E-state index in [9.17, 15) is 8.78 Å². The van der Waals surface area contributed by atoms with Gasteiger partial charge in [0.25, 0.3) is 0 Å². The normalized spacial score (nSPS) is 10.1. The van der Waals surface area contributed by atoms with Gasteiger partial charge in [-0.3, -0.25) is 5.41 Å². The zero-order valence-corrected chi connectivity index (χ0v) is 9.02. The molecule has 2 aromatic rings. The molecule has 7 heteroatoms. The first-order valence-electron chi connectivity index (χ1n) is 4.87. The maximum Gasteiger partial charge on any atom is 0.250 e. The molecule has 0 aliphatic heterocycles. The molecule has 2 rings (SSSR count). The molecule has 1 heterocycles. The molecule has 0 unspecified atom stereocenters. The van der Waals surface area contributed by atoms with E-state index in [1.807, 2.05) is 0 Å². The fourth-order valence-corrected chi connectivity index (χ4v) is 1.26. The van der Waals surface area contributed by atoms with Gasteiger partial charge in [0, 0.05) is 6.07 Å². The number of amidine groups is 1. The van der Waals surface area contributed by atoms with Crippen molar-refractivity contribution in [3.05, 3.63) is 47.7 Å². The van der Waals surface area contributed by atoms with Gasteiger partial charge in [-0.15, -0.1) is 5.10 Å². The molecule has 3 N–H and O–H groups in total. The maximum absolute atomic E-state index is 13.4. The highest BCUT2D eigenvalue weighted by atomic mass is 19.1. The summed E-state index contributed by atoms with van der Waals surface area (Å²) in [4.78, 5) is 0. The van der Waals surface area contributed by atoms with Crippen LogP contribution in [0.3, 0.4) is 0 Å². The lowest BCUT2D eigenvalue weighted by Gasteiger charge is -2.08. The zero-order chi connectivity index (χ0) is 13.1. The Morgan fingerprint density at radius 1 is 1.28 bits per heavy atom. The fourth-order valence-electron chi connectivity index (χ4n) is 1.26. The van der Waals surface area contributed by atoms with Gasteiger partial charge in [-0.1, -0.05) is 0 Å². The van der Waals surface area contributed by atoms with Crippen LogP contribution in [0.5, 0.6) is 11.6 Å². The van der Waals surface area contributed by atoms with Crippen molar-refractivity contribution in [2.24, 2.45) is 5.73 Å². The van der Waals surface area contributed by atoms with E-state index < -0.39 is 11.6 Å². The van der Waals surface area contributed by atoms with Crippen LogP contribution in [0.1, 0.15) is 5.56 Å². The van der Waals surface area contributed by atoms with Crippen LogP contribution in [-0.2, 0) is 0 Å². The number of nitrogens with two attached hydrogens (primary N) is 1. The Morgan fingerprint density at radius 3 is 2.72 bits per heavy atom. The first-order chi connectivity index (χ1) is 8.58. The third-order valence-electron chi connectivity index (χ3n) is 2.08. The Hall–Kier alpha value is -2.57. The number of nitrogens with zero attached hydrogens (tertiary/aromatic N) is 2. The summed E-state index contributed by atoms with van der Waals surface area (Å²) in [5.41, 5.74) is 5.49. The van der Waals surface area contributed by atoms with Gasteiger partial charge in [0.15, 0.2) is 11.6 Å². The van der Waals surface area contributed by atoms with E-state index in [4.69, 9.17) is 15.9 Å². The summed E-state index contributed by atoms with van der Waals surface area (Å²) in [6.07, 6.45) is 1.32. The lowest BCUT2D eigenvalue weighted by Crippen LogP contribution is -2.13. The second-order valence-electron chi connectivity index (χ2n) is 3.34. The smallest absolute Gasteiger partial charge is 0.250 e. The fraction of sp³-hybridized carbons (Fsp3) is 0. The summed E-state index contributed by atoms with van der Waals surface area (Å²) < 4.78 is 31.2. The summed E-state index contributed by atoms with van der Waals surface area (Å²) in [6.45, 7) is 0. The van der Waals surface area contributed by atoms with Gasteiger partial charge in [0.05, 0.1) is 11.8 Å². The van der Waals surface area contributed by atoms with Crippen molar-refractivity contribution in [2.75, 3.05) is 0 Å². The lowest BCUT2D eigenvalue weighted by atomic mass is 10.2. The van der Waals surface area contributed by atoms with Gasteiger partial charge >= 0.3 is 0 Å². The van der Waals surface area contributed by atoms with Crippen molar-refractivity contribution in [3.8, 4) is 11.6 Å². The van der Waals surface area contributed by atoms with E-state index in [0.29, 0.717) is 6.07 Å². The average molecular weight is 250 g/mol. The molecule has 1 aromatic heterocycles. The molecule has 0 aliphatic carbocycles. The molecule has 0 atom stereocenters. The number of ether oxygens (including phenoxy) is 1. The number of nitrogen functional groups attached to an aromatic ring is 1. The van der Waals surface area contributed by atoms with Crippen LogP contribution in [0.25, 0.3) is 0 Å². The van der Waals surface area contributed by atoms with Gasteiger partial charge in [0.2, 0.25) is 5.88 Å². The molecule has 92 valence electrons. The van der Waals surface area contributed by atoms with Gasteiger partial charge < -0.3 is 10.5 Å². The number of aromatic nitrogens is 2. The third-order valence-corrected chi connectivity index (χ3v) is 2.08. The third kappa shape index (κ3) is 2.40. The highest BCUT2D eigenvalue weighted by Crippen LogP contribution is 2.25. The van der Waals surface area contributed by atoms with Crippen molar-refractivity contribution >= 4 is 5.84 Å². The molecule has 0 amide bonds. The molecule has 0 saturated heterocycles. The molecule has 18 heavy (non-hydrogen) atoms. The Labute approximate surface area is 101 Å². The van der Waals surface area contributed by atoms with E-state index in [0.717, 1.165) is 12.1 Å². The standard InChI is InChI=1S/C11H8F2N4O/c12-6-1-2-9(8(13)5-6)18-11-7(10(14)15)3-4-16-17-11/h1-5H,(H3,14,15). The molecular weight excluding hydrogens is 242 g/mol. The Bertz CT molecular complexity index is 603. The molecule has 0 fully saturated rings. The van der Waals surface area contributed by atoms with Crippen LogP contribution in [0.4, 0.5) is 8.78 Å². The SMILES string of the molecule is N=C(N)c1ccnnc1Oc1ccc(F)cc1F. The molecule has 5 nitrogen and oxygen atoms in total. The number of nitrogens with one attached hydrogen (secondary N) is 1. The lowest BCUT2D eigenvalue weighted by molar-refractivity contribution is 0.417. The molecular formula is C11H8F2N4O. The van der Waals surface area contributed by atoms with Crippen LogP contribution in [0.15, 0.2) is 30.5 Å². The second kappa shape index (κ2) is 4.74. The quantitative estimate of drug-likeness (QED) is 0.642. The number of benzene rings is 1. The molecule has 0 saturated carbocycles. The van der Waals surface area contributed by atoms with Gasteiger partial charge in [0.1, 0.15) is 11.7 Å². The number of rotatable bonds is 3. The summed E-state index contributed by atoms with van der Waals surface area (Å²) in [6, 6.07) is 4.25. The summed E-state index contributed by atoms with van der Waals surface area (Å²) in [5, 5.41) is 14.5. The van der Waals surface area contributed by atoms with E-state index in [-0.39, 0.29) is 23.0 Å². The predicted octanol–water partition coefficient (Wildman–Crippen LogP) is 1.83. The summed E-state index contributed by atoms with van der Waals surface area (Å²) >= 11 is 0. The van der Waals surface area contributed by atoms with Gasteiger partial charge in [-0.25, -0.2) is 8.78 Å². The monoisotopic (exact) mass is 250 g/mol. The topological polar surface area (TPSA) is 84.9 Å². The van der Waals surface area contributed by atoms with Crippen molar-refractivity contribution in [1.82, 2.24) is 10.2 Å². The van der Waals surface area contributed by atoms with Crippen LogP contribution in [0.2, 0.25) is 0 Å². The Morgan fingerprint density at radius 2 is 2.06 bits per heavy atom. The first kappa shape index (κ1) is 11.9. The van der Waals surface area contributed by atoms with Crippen LogP contribution in [-0.4, -0.2) is 16.0 Å². The van der Waals surface area contributed by atoms with Crippen molar-refractivity contribution in [3.63, 3.8) is 0 Å². The average Bonchev–Trinajstić information content (AvgIpc) is 2.33. The predicted molar refractivity (Wildman–Crippen MR) is 59.5 cm³/mol. The van der Waals surface area contributed by atoms with E-state index in [1.165, 1.54) is 12.3 Å². The highest BCUT2D eigenvalue weighted by Gasteiger charge is 2.12. The largest absolute Gasteiger partial charge is 0.434 e. The molecule has 0 bridgehead atoms. The van der Waals surface area contributed by atoms with Crippen molar-refractivity contribution < 1.29 is 13.5 Å². The zero-order valence-electron chi connectivity index (χ0n) is 9.02. The molecule has 0 aliphatic rings. The minimum atomic E-state index is -0.879. The van der Waals surface area contributed by atoms with Crippen molar-refractivity contribution in [1.29, 1.82) is 5.41 Å². The summed E-state index contributed by atoms with van der Waals surface area (Å²) in [7, 11) is 0. The number of halogens is 2. The van der Waals surface area contributed by atoms with Crippen LogP contribution < -0.4 is 10.5 Å². The first-order valence-corrected chi connectivity index (χ1v) is 4.87. The minimum absolute atomic E-state index is 0.115. The maximum atomic E-state index is 13.4. The van der Waals surface area contributed by atoms with Crippen LogP contribution in [0, 0.1) is 17.0 Å². The molecule has 0 spiro atoms. The van der Waals surface area contributed by atoms with E-state index in [2.05, 4.69) is 10.2 Å². The molecule has 0 radical (unpaired) electrons. The van der Waals surface area contributed by atoms with E-state index in [1.54, 1.807) is 0 Å². The van der Waals surface area contributed by atoms with Gasteiger partial charge in [-0.2, -0.15) is 5.10 Å². The minimum Gasteiger partial charge on any atom is -0.434 e. The van der Waals surface area contributed by atoms with Crippen molar-refractivity contribution in [2.45, 2.75) is 0 Å². The Kier molecular flexibility index (Phi) is 3.13. The van der Waals surface area contributed by atoms with Gasteiger partial charge in [-0.05, 0) is 18.2 Å². The number of hydrogen-bond acceptors (Lipinski definition) is 4. The molecule has 1 aromatic carbocycles. The second-order valence-corrected chi connectivity index (χ2v) is 3.34.